The third-order valence-corrected chi connectivity index (χ3v) is 0.833. The molecule has 0 aliphatic carbocycles. The molecule has 0 aromatic carbocycles. The summed E-state index contributed by atoms with van der Waals surface area (Å²) in [7, 11) is 1.51. The van der Waals surface area contributed by atoms with Gasteiger partial charge >= 0.3 is 0 Å². The van der Waals surface area contributed by atoms with Gasteiger partial charge in [0.15, 0.2) is 0 Å². The van der Waals surface area contributed by atoms with Crippen molar-refractivity contribution in [1.29, 1.82) is 0 Å². The Labute approximate surface area is 53.7 Å². The van der Waals surface area contributed by atoms with E-state index in [1.807, 2.05) is 0 Å². The van der Waals surface area contributed by atoms with Crippen LogP contribution in [0.5, 0.6) is 0 Å². The Balaban J connectivity index is 3.59. The van der Waals surface area contributed by atoms with Crippen molar-refractivity contribution in [1.82, 2.24) is 5.32 Å². The molecule has 0 aliphatic heterocycles. The van der Waals surface area contributed by atoms with Crippen molar-refractivity contribution in [2.24, 2.45) is 0 Å². The largest absolute Gasteiger partial charge is 0.359 e. The number of amides is 1. The average Bonchev–Trinajstić information content (AvgIpc) is 1.87. The van der Waals surface area contributed by atoms with Crippen molar-refractivity contribution in [2.75, 3.05) is 7.05 Å². The summed E-state index contributed by atoms with van der Waals surface area (Å²) in [6.45, 7) is 3.33. The van der Waals surface area contributed by atoms with Crippen molar-refractivity contribution in [2.45, 2.75) is 6.42 Å². The Morgan fingerprint density at radius 1 is 1.78 bits per heavy atom. The minimum atomic E-state index is -0.188. The van der Waals surface area contributed by atoms with Gasteiger partial charge in [0, 0.05) is 7.05 Å². The van der Waals surface area contributed by atoms with Gasteiger partial charge in [-0.3, -0.25) is 9.59 Å². The second-order valence-corrected chi connectivity index (χ2v) is 1.63. The summed E-state index contributed by atoms with van der Waals surface area (Å²) in [6, 6.07) is 0. The summed E-state index contributed by atoms with van der Waals surface area (Å²) in [5.41, 5.74) is 0.300. The van der Waals surface area contributed by atoms with Gasteiger partial charge in [-0.15, -0.1) is 0 Å². The first-order valence-corrected chi connectivity index (χ1v) is 2.54. The van der Waals surface area contributed by atoms with Crippen molar-refractivity contribution in [3.8, 4) is 0 Å². The molecule has 0 atom stereocenters. The van der Waals surface area contributed by atoms with E-state index in [2.05, 4.69) is 11.9 Å². The molecule has 0 aliphatic rings. The van der Waals surface area contributed by atoms with Crippen LogP contribution in [0, 0.1) is 0 Å². The third-order valence-electron chi connectivity index (χ3n) is 0.833. The van der Waals surface area contributed by atoms with Gasteiger partial charge in [-0.2, -0.15) is 0 Å². The number of rotatable bonds is 3. The van der Waals surface area contributed by atoms with Crippen LogP contribution >= 0.6 is 0 Å². The van der Waals surface area contributed by atoms with Crippen molar-refractivity contribution in [3.05, 3.63) is 12.2 Å². The molecule has 3 nitrogen and oxygen atoms in total. The molecule has 0 saturated carbocycles. The Morgan fingerprint density at radius 2 is 2.33 bits per heavy atom. The second-order valence-electron chi connectivity index (χ2n) is 1.63. The van der Waals surface area contributed by atoms with Crippen LogP contribution in [-0.4, -0.2) is 19.2 Å². The fourth-order valence-corrected chi connectivity index (χ4v) is 0.336. The van der Waals surface area contributed by atoms with Crippen molar-refractivity contribution >= 4 is 12.2 Å². The number of nitrogens with one attached hydrogen (secondary N) is 1. The zero-order valence-electron chi connectivity index (χ0n) is 5.31. The Hall–Kier alpha value is -1.12. The zero-order chi connectivity index (χ0) is 7.28. The average molecular weight is 127 g/mol. The number of carbonyl (C=O) groups is 2. The van der Waals surface area contributed by atoms with Gasteiger partial charge in [-0.05, 0) is 5.57 Å². The van der Waals surface area contributed by atoms with E-state index in [0.29, 0.717) is 11.9 Å². The lowest BCUT2D eigenvalue weighted by molar-refractivity contribution is -0.120. The highest BCUT2D eigenvalue weighted by atomic mass is 16.1. The van der Waals surface area contributed by atoms with Crippen molar-refractivity contribution in [3.63, 3.8) is 0 Å². The van der Waals surface area contributed by atoms with Crippen LogP contribution in [0.2, 0.25) is 0 Å². The zero-order valence-corrected chi connectivity index (χ0v) is 5.31. The van der Waals surface area contributed by atoms with E-state index in [-0.39, 0.29) is 12.3 Å². The fraction of sp³-hybridized carbons (Fsp3) is 0.333. The first-order valence-electron chi connectivity index (χ1n) is 2.54. The van der Waals surface area contributed by atoms with Crippen LogP contribution in [-0.2, 0) is 9.59 Å². The Bertz CT molecular complexity index is 140. The summed E-state index contributed by atoms with van der Waals surface area (Å²) in [6.07, 6.45) is 0.676. The highest BCUT2D eigenvalue weighted by Crippen LogP contribution is 1.90. The number of aldehydes is 1. The molecule has 1 amide bonds. The van der Waals surface area contributed by atoms with Gasteiger partial charge in [0.25, 0.3) is 0 Å². The topological polar surface area (TPSA) is 46.2 Å². The maximum absolute atomic E-state index is 10.5. The predicted octanol–water partition coefficient (Wildman–Crippen LogP) is -0.122. The van der Waals surface area contributed by atoms with Gasteiger partial charge in [0.1, 0.15) is 6.29 Å². The van der Waals surface area contributed by atoms with Crippen LogP contribution in [0.3, 0.4) is 0 Å². The first kappa shape index (κ1) is 7.88. The van der Waals surface area contributed by atoms with E-state index in [9.17, 15) is 9.59 Å². The van der Waals surface area contributed by atoms with Gasteiger partial charge in [-0.1, -0.05) is 6.58 Å². The normalized spacial score (nSPS) is 8.11. The van der Waals surface area contributed by atoms with Gasteiger partial charge in [0.05, 0.1) is 6.42 Å². The number of hydrogen-bond donors (Lipinski definition) is 1. The molecule has 0 fully saturated rings. The predicted molar refractivity (Wildman–Crippen MR) is 33.9 cm³/mol. The Kier molecular flexibility index (Phi) is 3.35. The van der Waals surface area contributed by atoms with Gasteiger partial charge in [0.2, 0.25) is 5.91 Å². The van der Waals surface area contributed by atoms with Crippen LogP contribution < -0.4 is 5.32 Å². The minimum Gasteiger partial charge on any atom is -0.359 e. The van der Waals surface area contributed by atoms with E-state index >= 15 is 0 Å². The molecular formula is C6H9NO2. The third kappa shape index (κ3) is 3.46. The quantitative estimate of drug-likeness (QED) is 0.424. The lowest BCUT2D eigenvalue weighted by Gasteiger charge is -1.94. The molecule has 0 unspecified atom stereocenters. The van der Waals surface area contributed by atoms with Crippen LogP contribution in [0.15, 0.2) is 12.2 Å². The smallest absolute Gasteiger partial charge is 0.224 e. The summed E-state index contributed by atoms with van der Waals surface area (Å²) in [5, 5.41) is 2.37. The molecule has 0 heterocycles. The Morgan fingerprint density at radius 3 is 2.67 bits per heavy atom. The SMILES string of the molecule is C=C(C=O)CC(=O)NC. The molecule has 0 saturated heterocycles. The molecule has 50 valence electrons. The monoisotopic (exact) mass is 127 g/mol. The maximum atomic E-state index is 10.5. The van der Waals surface area contributed by atoms with E-state index in [1.54, 1.807) is 0 Å². The van der Waals surface area contributed by atoms with E-state index in [4.69, 9.17) is 0 Å². The molecule has 0 aromatic rings. The standard InChI is InChI=1S/C6H9NO2/c1-5(4-8)3-6(9)7-2/h4H,1,3H2,2H3,(H,7,9). The minimum absolute atomic E-state index is 0.0972. The molecule has 0 rings (SSSR count). The highest BCUT2D eigenvalue weighted by molar-refractivity contribution is 5.86. The number of hydrogen-bond acceptors (Lipinski definition) is 2. The molecule has 0 bridgehead atoms. The lowest BCUT2D eigenvalue weighted by atomic mass is 10.2. The molecule has 1 N–H and O–H groups in total. The van der Waals surface area contributed by atoms with Gasteiger partial charge in [-0.25, -0.2) is 0 Å². The maximum Gasteiger partial charge on any atom is 0.224 e. The molecule has 0 spiro atoms. The molecule has 9 heavy (non-hydrogen) atoms. The molecule has 0 radical (unpaired) electrons. The van der Waals surface area contributed by atoms with E-state index in [1.165, 1.54) is 7.05 Å². The summed E-state index contributed by atoms with van der Waals surface area (Å²) in [4.78, 5) is 20.3. The van der Waals surface area contributed by atoms with Gasteiger partial charge < -0.3 is 5.32 Å². The van der Waals surface area contributed by atoms with Crippen LogP contribution in [0.25, 0.3) is 0 Å². The first-order chi connectivity index (χ1) is 4.20. The lowest BCUT2D eigenvalue weighted by Crippen LogP contribution is -2.17. The van der Waals surface area contributed by atoms with Crippen LogP contribution in [0.1, 0.15) is 6.42 Å². The highest BCUT2D eigenvalue weighted by Gasteiger charge is 1.98. The summed E-state index contributed by atoms with van der Waals surface area (Å²) < 4.78 is 0. The molecule has 0 aromatic heterocycles. The number of carbonyl (C=O) groups excluding carboxylic acids is 2. The van der Waals surface area contributed by atoms with Crippen molar-refractivity contribution < 1.29 is 9.59 Å². The fourth-order valence-electron chi connectivity index (χ4n) is 0.336. The van der Waals surface area contributed by atoms with Crippen LogP contribution in [0.4, 0.5) is 0 Å². The second kappa shape index (κ2) is 3.83. The van der Waals surface area contributed by atoms with E-state index in [0.717, 1.165) is 0 Å². The summed E-state index contributed by atoms with van der Waals surface area (Å²) in [5.74, 6) is -0.188. The summed E-state index contributed by atoms with van der Waals surface area (Å²) >= 11 is 0. The van der Waals surface area contributed by atoms with E-state index < -0.39 is 0 Å². The molecule has 3 heteroatoms. The molecular weight excluding hydrogens is 118 g/mol.